The summed E-state index contributed by atoms with van der Waals surface area (Å²) in [5, 5.41) is 1.31. The van der Waals surface area contributed by atoms with Crippen LogP contribution in [0.1, 0.15) is 34.1 Å². The Bertz CT molecular complexity index is 1350. The lowest BCUT2D eigenvalue weighted by Gasteiger charge is -2.26. The third-order valence-electron chi connectivity index (χ3n) is 5.91. The van der Waals surface area contributed by atoms with Crippen molar-refractivity contribution >= 4 is 39.1 Å². The van der Waals surface area contributed by atoms with Crippen molar-refractivity contribution in [1.82, 2.24) is 14.5 Å². The predicted octanol–water partition coefficient (Wildman–Crippen LogP) is 5.19. The van der Waals surface area contributed by atoms with Crippen molar-refractivity contribution in [3.63, 3.8) is 0 Å². The maximum absolute atomic E-state index is 13.8. The molecule has 5 rings (SSSR count). The Morgan fingerprint density at radius 1 is 1.09 bits per heavy atom. The summed E-state index contributed by atoms with van der Waals surface area (Å²) in [7, 11) is 0. The van der Waals surface area contributed by atoms with Gasteiger partial charge in [-0.1, -0.05) is 67.2 Å². The Morgan fingerprint density at radius 3 is 2.55 bits per heavy atom. The van der Waals surface area contributed by atoms with E-state index in [-0.39, 0.29) is 17.1 Å². The average molecular weight is 476 g/mol. The minimum Gasteiger partial charge on any atom is -0.298 e. The van der Waals surface area contributed by atoms with Crippen molar-refractivity contribution in [3.05, 3.63) is 87.0 Å². The van der Waals surface area contributed by atoms with Gasteiger partial charge in [0.2, 0.25) is 0 Å². The SMILES string of the molecule is CCCN1CCc2c(sc3nc(SCC(=O)c4ccccc4)n(-c4ccccc4)c(=O)c23)C1. The van der Waals surface area contributed by atoms with Gasteiger partial charge in [-0.3, -0.25) is 19.1 Å². The Hall–Kier alpha value is -2.74. The number of carbonyl (C=O) groups excluding carboxylic acids is 1. The highest BCUT2D eigenvalue weighted by Gasteiger charge is 2.25. The highest BCUT2D eigenvalue weighted by Crippen LogP contribution is 2.34. The van der Waals surface area contributed by atoms with Crippen LogP contribution in [0.25, 0.3) is 15.9 Å². The molecule has 0 bridgehead atoms. The lowest BCUT2D eigenvalue weighted by molar-refractivity contribution is 0.102. The van der Waals surface area contributed by atoms with Crippen molar-refractivity contribution in [3.8, 4) is 5.69 Å². The first-order chi connectivity index (χ1) is 16.2. The molecule has 3 heterocycles. The number of fused-ring (bicyclic) bond motifs is 3. The second kappa shape index (κ2) is 9.63. The van der Waals surface area contributed by atoms with Gasteiger partial charge in [-0.15, -0.1) is 11.3 Å². The summed E-state index contributed by atoms with van der Waals surface area (Å²) in [6, 6.07) is 18.9. The maximum Gasteiger partial charge on any atom is 0.267 e. The van der Waals surface area contributed by atoms with Crippen LogP contribution in [-0.4, -0.2) is 39.1 Å². The number of thioether (sulfide) groups is 1. The topological polar surface area (TPSA) is 55.2 Å². The van der Waals surface area contributed by atoms with Crippen LogP contribution in [0.5, 0.6) is 0 Å². The largest absolute Gasteiger partial charge is 0.298 e. The molecular formula is C26H25N3O2S2. The fourth-order valence-electron chi connectivity index (χ4n) is 4.32. The lowest BCUT2D eigenvalue weighted by atomic mass is 10.1. The van der Waals surface area contributed by atoms with Gasteiger partial charge in [0.05, 0.1) is 16.8 Å². The fourth-order valence-corrected chi connectivity index (χ4v) is 6.53. The number of benzene rings is 2. The molecule has 0 atom stereocenters. The molecule has 0 spiro atoms. The van der Waals surface area contributed by atoms with E-state index >= 15 is 0 Å². The zero-order valence-electron chi connectivity index (χ0n) is 18.5. The summed E-state index contributed by atoms with van der Waals surface area (Å²) in [5.41, 5.74) is 2.56. The number of nitrogens with zero attached hydrogens (tertiary/aromatic N) is 3. The number of hydrogen-bond donors (Lipinski definition) is 0. The van der Waals surface area contributed by atoms with Crippen LogP contribution in [0.4, 0.5) is 0 Å². The molecule has 0 saturated carbocycles. The molecule has 5 nitrogen and oxygen atoms in total. The van der Waals surface area contributed by atoms with Crippen molar-refractivity contribution in [2.75, 3.05) is 18.8 Å². The normalized spacial score (nSPS) is 13.8. The molecule has 4 aromatic rings. The van der Waals surface area contributed by atoms with Gasteiger partial charge >= 0.3 is 0 Å². The van der Waals surface area contributed by atoms with Gasteiger partial charge < -0.3 is 0 Å². The molecule has 0 fully saturated rings. The number of thiophene rings is 1. The fraction of sp³-hybridized carbons (Fsp3) is 0.269. The molecule has 2 aromatic carbocycles. The minimum atomic E-state index is -0.0395. The lowest BCUT2D eigenvalue weighted by Crippen LogP contribution is -2.31. The number of Topliss-reactive ketones (excluding diaryl/α,β-unsaturated/α-hetero) is 1. The zero-order chi connectivity index (χ0) is 22.8. The minimum absolute atomic E-state index is 0.0234. The number of carbonyl (C=O) groups is 1. The van der Waals surface area contributed by atoms with Crippen molar-refractivity contribution < 1.29 is 4.79 Å². The number of aromatic nitrogens is 2. The van der Waals surface area contributed by atoms with Crippen LogP contribution in [0, 0.1) is 0 Å². The van der Waals surface area contributed by atoms with Crippen LogP contribution >= 0.6 is 23.1 Å². The Morgan fingerprint density at radius 2 is 1.82 bits per heavy atom. The maximum atomic E-state index is 13.8. The third kappa shape index (κ3) is 4.40. The molecule has 2 aromatic heterocycles. The van der Waals surface area contributed by atoms with Gasteiger partial charge in [0.15, 0.2) is 10.9 Å². The van der Waals surface area contributed by atoms with Gasteiger partial charge in [-0.2, -0.15) is 0 Å². The number of hydrogen-bond acceptors (Lipinski definition) is 6. The van der Waals surface area contributed by atoms with Crippen LogP contribution in [0.2, 0.25) is 0 Å². The van der Waals surface area contributed by atoms with Crippen molar-refractivity contribution in [2.24, 2.45) is 0 Å². The van der Waals surface area contributed by atoms with Gasteiger partial charge in [0.1, 0.15) is 4.83 Å². The van der Waals surface area contributed by atoms with E-state index in [1.807, 2.05) is 60.7 Å². The molecule has 0 unspecified atom stereocenters. The highest BCUT2D eigenvalue weighted by molar-refractivity contribution is 7.99. The first-order valence-corrected chi connectivity index (χ1v) is 13.0. The van der Waals surface area contributed by atoms with E-state index in [4.69, 9.17) is 4.98 Å². The molecule has 0 radical (unpaired) electrons. The molecule has 33 heavy (non-hydrogen) atoms. The Labute approximate surface area is 201 Å². The van der Waals surface area contributed by atoms with Gasteiger partial charge in [-0.05, 0) is 37.1 Å². The molecule has 0 aliphatic carbocycles. The highest BCUT2D eigenvalue weighted by atomic mass is 32.2. The predicted molar refractivity (Wildman–Crippen MR) is 136 cm³/mol. The first kappa shape index (κ1) is 22.1. The number of para-hydroxylation sites is 1. The quantitative estimate of drug-likeness (QED) is 0.209. The van der Waals surface area contributed by atoms with Gasteiger partial charge in [-0.25, -0.2) is 4.98 Å². The summed E-state index contributed by atoms with van der Waals surface area (Å²) in [4.78, 5) is 36.0. The van der Waals surface area contributed by atoms with Crippen LogP contribution in [-0.2, 0) is 13.0 Å². The molecule has 0 N–H and O–H groups in total. The third-order valence-corrected chi connectivity index (χ3v) is 7.95. The van der Waals surface area contributed by atoms with Gasteiger partial charge in [0, 0.05) is 23.5 Å². The summed E-state index contributed by atoms with van der Waals surface area (Å²) < 4.78 is 1.68. The summed E-state index contributed by atoms with van der Waals surface area (Å²) in [6.45, 7) is 5.11. The van der Waals surface area contributed by atoms with Crippen molar-refractivity contribution in [2.45, 2.75) is 31.5 Å². The second-order valence-corrected chi connectivity index (χ2v) is 10.2. The van der Waals surface area contributed by atoms with E-state index in [1.165, 1.54) is 16.6 Å². The summed E-state index contributed by atoms with van der Waals surface area (Å²) in [6.07, 6.45) is 2.00. The Balaban J connectivity index is 1.57. The Kier molecular flexibility index (Phi) is 6.44. The average Bonchev–Trinajstić information content (AvgIpc) is 3.21. The van der Waals surface area contributed by atoms with E-state index in [1.54, 1.807) is 15.9 Å². The summed E-state index contributed by atoms with van der Waals surface area (Å²) in [5.74, 6) is 0.250. The second-order valence-electron chi connectivity index (χ2n) is 8.16. The standard InChI is InChI=1S/C26H25N3O2S2/c1-2-14-28-15-13-20-22(16-28)33-24-23(20)25(31)29(19-11-7-4-8-12-19)26(27-24)32-17-21(30)18-9-5-3-6-10-18/h3-12H,2,13-17H2,1H3. The van der Waals surface area contributed by atoms with Crippen LogP contribution in [0.15, 0.2) is 70.6 Å². The zero-order valence-corrected chi connectivity index (χ0v) is 20.1. The van der Waals surface area contributed by atoms with Crippen LogP contribution in [0.3, 0.4) is 0 Å². The smallest absolute Gasteiger partial charge is 0.267 e. The molecule has 7 heteroatoms. The molecule has 168 valence electrons. The van der Waals surface area contributed by atoms with E-state index in [2.05, 4.69) is 11.8 Å². The van der Waals surface area contributed by atoms with E-state index in [0.29, 0.717) is 10.7 Å². The summed E-state index contributed by atoms with van der Waals surface area (Å²) >= 11 is 2.95. The monoisotopic (exact) mass is 475 g/mol. The van der Waals surface area contributed by atoms with E-state index in [0.717, 1.165) is 53.9 Å². The molecule has 0 saturated heterocycles. The van der Waals surface area contributed by atoms with Gasteiger partial charge in [0.25, 0.3) is 5.56 Å². The first-order valence-electron chi connectivity index (χ1n) is 11.2. The molecule has 1 aliphatic heterocycles. The molecular weight excluding hydrogens is 450 g/mol. The molecule has 1 aliphatic rings. The molecule has 0 amide bonds. The number of ketones is 1. The van der Waals surface area contributed by atoms with Crippen LogP contribution < -0.4 is 5.56 Å². The number of rotatable bonds is 7. The van der Waals surface area contributed by atoms with Crippen molar-refractivity contribution in [1.29, 1.82) is 0 Å². The van der Waals surface area contributed by atoms with E-state index < -0.39 is 0 Å². The van der Waals surface area contributed by atoms with E-state index in [9.17, 15) is 9.59 Å².